The molecule has 116 valence electrons. The molecule has 0 aromatic heterocycles. The van der Waals surface area contributed by atoms with Gasteiger partial charge >= 0.3 is 0 Å². The first-order valence-electron chi connectivity index (χ1n) is 6.99. The highest BCUT2D eigenvalue weighted by Gasteiger charge is 2.20. The van der Waals surface area contributed by atoms with E-state index in [-0.39, 0.29) is 5.91 Å². The summed E-state index contributed by atoms with van der Waals surface area (Å²) in [6, 6.07) is 12.4. The predicted octanol–water partition coefficient (Wildman–Crippen LogP) is 5.10. The van der Waals surface area contributed by atoms with Crippen LogP contribution in [-0.4, -0.2) is 12.0 Å². The number of hydrogen-bond acceptors (Lipinski definition) is 2. The molecule has 2 aromatic carbocycles. The monoisotopic (exact) mass is 337 g/mol. The predicted molar refractivity (Wildman–Crippen MR) is 91.0 cm³/mol. The molecule has 0 heterocycles. The van der Waals surface area contributed by atoms with Crippen LogP contribution in [0.4, 0.5) is 5.69 Å². The summed E-state index contributed by atoms with van der Waals surface area (Å²) in [6.07, 6.45) is -0.102. The van der Waals surface area contributed by atoms with Crippen LogP contribution >= 0.6 is 23.2 Å². The molecule has 0 saturated carbocycles. The summed E-state index contributed by atoms with van der Waals surface area (Å²) in [5.41, 5.74) is 1.61. The van der Waals surface area contributed by atoms with Gasteiger partial charge in [-0.1, -0.05) is 48.3 Å². The van der Waals surface area contributed by atoms with Gasteiger partial charge in [-0.05, 0) is 43.2 Å². The fraction of sp³-hybridized carbons (Fsp3) is 0.235. The Kier molecular flexibility index (Phi) is 5.69. The van der Waals surface area contributed by atoms with Crippen molar-refractivity contribution in [2.75, 3.05) is 5.32 Å². The number of carbonyl (C=O) groups excluding carboxylic acids is 1. The van der Waals surface area contributed by atoms with Gasteiger partial charge in [0.15, 0.2) is 6.10 Å². The smallest absolute Gasteiger partial charge is 0.265 e. The molecule has 2 rings (SSSR count). The second-order valence-corrected chi connectivity index (χ2v) is 5.74. The number of ether oxygens (including phenoxy) is 1. The number of aryl methyl sites for hydroxylation is 1. The second kappa shape index (κ2) is 7.52. The third-order valence-electron chi connectivity index (χ3n) is 3.23. The van der Waals surface area contributed by atoms with Gasteiger partial charge in [0.05, 0.1) is 5.02 Å². The zero-order valence-electron chi connectivity index (χ0n) is 12.4. The Bertz CT molecular complexity index is 673. The molecule has 1 amide bonds. The Morgan fingerprint density at radius 1 is 1.23 bits per heavy atom. The molecule has 1 N–H and O–H groups in total. The van der Waals surface area contributed by atoms with Crippen molar-refractivity contribution >= 4 is 34.8 Å². The lowest BCUT2D eigenvalue weighted by molar-refractivity contribution is -0.122. The summed E-state index contributed by atoms with van der Waals surface area (Å²) in [6.45, 7) is 3.79. The second-order valence-electron chi connectivity index (χ2n) is 4.89. The number of para-hydroxylation sites is 1. The van der Waals surface area contributed by atoms with Gasteiger partial charge in [0.2, 0.25) is 0 Å². The van der Waals surface area contributed by atoms with E-state index in [0.717, 1.165) is 5.56 Å². The first-order valence-corrected chi connectivity index (χ1v) is 7.75. The van der Waals surface area contributed by atoms with Crippen LogP contribution in [0.1, 0.15) is 18.9 Å². The van der Waals surface area contributed by atoms with Crippen LogP contribution in [0, 0.1) is 6.92 Å². The maximum absolute atomic E-state index is 12.4. The van der Waals surface area contributed by atoms with Crippen molar-refractivity contribution in [3.63, 3.8) is 0 Å². The van der Waals surface area contributed by atoms with Crippen molar-refractivity contribution < 1.29 is 9.53 Å². The van der Waals surface area contributed by atoms with E-state index in [9.17, 15) is 4.79 Å². The fourth-order valence-corrected chi connectivity index (χ4v) is 2.31. The minimum absolute atomic E-state index is 0.229. The summed E-state index contributed by atoms with van der Waals surface area (Å²) in [5, 5.41) is 3.90. The van der Waals surface area contributed by atoms with Crippen molar-refractivity contribution in [3.05, 3.63) is 58.1 Å². The van der Waals surface area contributed by atoms with Gasteiger partial charge in [-0.2, -0.15) is 0 Å². The van der Waals surface area contributed by atoms with Crippen molar-refractivity contribution in [2.45, 2.75) is 26.4 Å². The maximum Gasteiger partial charge on any atom is 0.265 e. The number of anilines is 1. The first kappa shape index (κ1) is 16.7. The maximum atomic E-state index is 12.4. The number of hydrogen-bond donors (Lipinski definition) is 1. The van der Waals surface area contributed by atoms with Gasteiger partial charge in [0, 0.05) is 10.7 Å². The largest absolute Gasteiger partial charge is 0.479 e. The van der Waals surface area contributed by atoms with Gasteiger partial charge in [0.25, 0.3) is 5.91 Å². The molecule has 0 fully saturated rings. The molecule has 0 saturated heterocycles. The van der Waals surface area contributed by atoms with Crippen LogP contribution in [0.15, 0.2) is 42.5 Å². The molecular weight excluding hydrogens is 321 g/mol. The van der Waals surface area contributed by atoms with Crippen molar-refractivity contribution in [1.82, 2.24) is 0 Å². The van der Waals surface area contributed by atoms with Gasteiger partial charge in [-0.25, -0.2) is 0 Å². The van der Waals surface area contributed by atoms with E-state index in [2.05, 4.69) is 5.32 Å². The molecule has 1 atom stereocenters. The standard InChI is InChI=1S/C17H17Cl2NO2/c1-3-15(22-16-7-5-4-6-13(16)19)17(21)20-14-10-12(18)9-8-11(14)2/h4-10,15H,3H2,1-2H3,(H,20,21)/t15-/m1/s1. The average molecular weight is 338 g/mol. The topological polar surface area (TPSA) is 38.3 Å². The molecule has 0 spiro atoms. The fourth-order valence-electron chi connectivity index (χ4n) is 1.96. The molecular formula is C17H17Cl2NO2. The van der Waals surface area contributed by atoms with E-state index in [4.69, 9.17) is 27.9 Å². The Hall–Kier alpha value is -1.71. The third-order valence-corrected chi connectivity index (χ3v) is 3.77. The molecule has 2 aromatic rings. The molecule has 22 heavy (non-hydrogen) atoms. The molecule has 0 aliphatic heterocycles. The zero-order valence-corrected chi connectivity index (χ0v) is 13.9. The molecule has 0 radical (unpaired) electrons. The Morgan fingerprint density at radius 3 is 2.64 bits per heavy atom. The normalized spacial score (nSPS) is 11.8. The number of nitrogens with one attached hydrogen (secondary N) is 1. The van der Waals surface area contributed by atoms with Crippen LogP contribution in [0.3, 0.4) is 0 Å². The Balaban J connectivity index is 2.12. The lowest BCUT2D eigenvalue weighted by Gasteiger charge is -2.18. The van der Waals surface area contributed by atoms with Crippen molar-refractivity contribution in [1.29, 1.82) is 0 Å². The highest BCUT2D eigenvalue weighted by atomic mass is 35.5. The Labute approximate surface area is 140 Å². The van der Waals surface area contributed by atoms with Crippen LogP contribution < -0.4 is 10.1 Å². The van der Waals surface area contributed by atoms with Gasteiger partial charge in [-0.3, -0.25) is 4.79 Å². The summed E-state index contributed by atoms with van der Waals surface area (Å²) < 4.78 is 5.72. The third kappa shape index (κ3) is 4.15. The number of halogens is 2. The minimum atomic E-state index is -0.627. The SMILES string of the molecule is CC[C@@H](Oc1ccccc1Cl)C(=O)Nc1cc(Cl)ccc1C. The van der Waals surface area contributed by atoms with Crippen molar-refractivity contribution in [2.24, 2.45) is 0 Å². The highest BCUT2D eigenvalue weighted by Crippen LogP contribution is 2.26. The van der Waals surface area contributed by atoms with Crippen LogP contribution in [0.25, 0.3) is 0 Å². The van der Waals surface area contributed by atoms with Gasteiger partial charge in [-0.15, -0.1) is 0 Å². The van der Waals surface area contributed by atoms with E-state index in [0.29, 0.717) is 27.9 Å². The summed E-state index contributed by atoms with van der Waals surface area (Å²) in [7, 11) is 0. The Morgan fingerprint density at radius 2 is 1.95 bits per heavy atom. The first-order chi connectivity index (χ1) is 10.5. The van der Waals surface area contributed by atoms with Crippen LogP contribution in [0.2, 0.25) is 10.0 Å². The summed E-state index contributed by atoms with van der Waals surface area (Å²) in [4.78, 5) is 12.4. The quantitative estimate of drug-likeness (QED) is 0.824. The van der Waals surface area contributed by atoms with Crippen molar-refractivity contribution in [3.8, 4) is 5.75 Å². The van der Waals surface area contributed by atoms with Gasteiger partial charge < -0.3 is 10.1 Å². The molecule has 0 aliphatic carbocycles. The van der Waals surface area contributed by atoms with Crippen LogP contribution in [-0.2, 0) is 4.79 Å². The highest BCUT2D eigenvalue weighted by molar-refractivity contribution is 6.32. The van der Waals surface area contributed by atoms with Crippen LogP contribution in [0.5, 0.6) is 5.75 Å². The zero-order chi connectivity index (χ0) is 16.1. The number of carbonyl (C=O) groups is 1. The number of benzene rings is 2. The average Bonchev–Trinajstić information content (AvgIpc) is 2.50. The summed E-state index contributed by atoms with van der Waals surface area (Å²) in [5.74, 6) is 0.266. The minimum Gasteiger partial charge on any atom is -0.479 e. The number of amides is 1. The van der Waals surface area contributed by atoms with E-state index >= 15 is 0 Å². The molecule has 0 bridgehead atoms. The summed E-state index contributed by atoms with van der Waals surface area (Å²) >= 11 is 12.0. The molecule has 0 unspecified atom stereocenters. The molecule has 0 aliphatic rings. The van der Waals surface area contributed by atoms with E-state index in [1.165, 1.54) is 0 Å². The van der Waals surface area contributed by atoms with E-state index in [1.54, 1.807) is 24.3 Å². The lowest BCUT2D eigenvalue weighted by atomic mass is 10.2. The lowest BCUT2D eigenvalue weighted by Crippen LogP contribution is -2.32. The van der Waals surface area contributed by atoms with E-state index in [1.807, 2.05) is 32.0 Å². The molecule has 3 nitrogen and oxygen atoms in total. The number of rotatable bonds is 5. The van der Waals surface area contributed by atoms with Gasteiger partial charge in [0.1, 0.15) is 5.75 Å². The van der Waals surface area contributed by atoms with E-state index < -0.39 is 6.10 Å². The molecule has 5 heteroatoms.